The molecule has 2 saturated heterocycles. The SMILES string of the molecule is CCS(=O)(=O)N1CCOC[C@]2(CC[C@H](Cn3nc(C)nc3C)O2)C1. The predicted octanol–water partition coefficient (Wildman–Crippen LogP) is 0.495. The van der Waals surface area contributed by atoms with Crippen molar-refractivity contribution in [2.45, 2.75) is 51.9 Å². The number of aromatic nitrogens is 3. The van der Waals surface area contributed by atoms with E-state index in [0.29, 0.717) is 32.8 Å². The third-order valence-corrected chi connectivity index (χ3v) is 6.58. The van der Waals surface area contributed by atoms with E-state index in [1.807, 2.05) is 18.5 Å². The molecule has 1 spiro atoms. The first-order chi connectivity index (χ1) is 11.3. The Kier molecular flexibility index (Phi) is 4.96. The topological polar surface area (TPSA) is 86.6 Å². The molecule has 0 unspecified atom stereocenters. The van der Waals surface area contributed by atoms with Gasteiger partial charge in [-0.05, 0) is 33.6 Å². The van der Waals surface area contributed by atoms with Crippen LogP contribution in [0.25, 0.3) is 0 Å². The highest BCUT2D eigenvalue weighted by molar-refractivity contribution is 7.89. The van der Waals surface area contributed by atoms with E-state index in [0.717, 1.165) is 24.5 Å². The van der Waals surface area contributed by atoms with Crippen LogP contribution in [-0.4, -0.2) is 71.2 Å². The molecule has 1 aromatic heterocycles. The Balaban J connectivity index is 1.71. The van der Waals surface area contributed by atoms with Crippen LogP contribution in [-0.2, 0) is 26.0 Å². The molecule has 3 heterocycles. The van der Waals surface area contributed by atoms with E-state index in [-0.39, 0.29) is 11.9 Å². The van der Waals surface area contributed by atoms with Gasteiger partial charge < -0.3 is 9.47 Å². The molecule has 136 valence electrons. The van der Waals surface area contributed by atoms with Crippen LogP contribution >= 0.6 is 0 Å². The molecule has 1 aromatic rings. The third-order valence-electron chi connectivity index (χ3n) is 4.75. The maximum absolute atomic E-state index is 12.3. The summed E-state index contributed by atoms with van der Waals surface area (Å²) in [5.41, 5.74) is -0.549. The molecule has 0 bridgehead atoms. The van der Waals surface area contributed by atoms with Gasteiger partial charge in [-0.25, -0.2) is 18.1 Å². The highest BCUT2D eigenvalue weighted by Gasteiger charge is 2.45. The number of rotatable bonds is 4. The van der Waals surface area contributed by atoms with Gasteiger partial charge in [-0.3, -0.25) is 0 Å². The first-order valence-corrected chi connectivity index (χ1v) is 10.1. The van der Waals surface area contributed by atoms with Gasteiger partial charge in [0.2, 0.25) is 10.0 Å². The van der Waals surface area contributed by atoms with Crippen LogP contribution in [0.15, 0.2) is 0 Å². The molecular formula is C15H26N4O4S. The maximum atomic E-state index is 12.3. The molecule has 0 N–H and O–H groups in total. The van der Waals surface area contributed by atoms with Gasteiger partial charge in [-0.1, -0.05) is 0 Å². The van der Waals surface area contributed by atoms with E-state index in [2.05, 4.69) is 10.1 Å². The zero-order chi connectivity index (χ0) is 17.4. The second-order valence-electron chi connectivity index (χ2n) is 6.64. The summed E-state index contributed by atoms with van der Waals surface area (Å²) < 4.78 is 39.8. The fourth-order valence-electron chi connectivity index (χ4n) is 3.46. The summed E-state index contributed by atoms with van der Waals surface area (Å²) >= 11 is 0. The molecule has 0 aliphatic carbocycles. The quantitative estimate of drug-likeness (QED) is 0.779. The number of sulfonamides is 1. The van der Waals surface area contributed by atoms with Crippen LogP contribution in [0.1, 0.15) is 31.4 Å². The van der Waals surface area contributed by atoms with Crippen LogP contribution in [0.5, 0.6) is 0 Å². The zero-order valence-corrected chi connectivity index (χ0v) is 15.4. The predicted molar refractivity (Wildman–Crippen MR) is 88.2 cm³/mol. The number of ether oxygens (including phenoxy) is 2. The van der Waals surface area contributed by atoms with Crippen molar-refractivity contribution >= 4 is 10.0 Å². The molecule has 0 radical (unpaired) electrons. The molecule has 0 amide bonds. The van der Waals surface area contributed by atoms with Crippen LogP contribution in [0.2, 0.25) is 0 Å². The van der Waals surface area contributed by atoms with Crippen molar-refractivity contribution in [1.82, 2.24) is 19.1 Å². The molecular weight excluding hydrogens is 332 g/mol. The molecule has 2 aliphatic heterocycles. The molecule has 3 rings (SSSR count). The average Bonchev–Trinajstić information content (AvgIpc) is 2.97. The van der Waals surface area contributed by atoms with Crippen molar-refractivity contribution in [1.29, 1.82) is 0 Å². The normalized spacial score (nSPS) is 29.2. The third kappa shape index (κ3) is 3.63. The largest absolute Gasteiger partial charge is 0.377 e. The molecule has 2 atom stereocenters. The van der Waals surface area contributed by atoms with Crippen LogP contribution in [0.3, 0.4) is 0 Å². The summed E-state index contributed by atoms with van der Waals surface area (Å²) in [6.07, 6.45) is 1.65. The van der Waals surface area contributed by atoms with Gasteiger partial charge in [0.25, 0.3) is 0 Å². The Morgan fingerprint density at radius 2 is 2.17 bits per heavy atom. The Bertz CT molecular complexity index is 690. The minimum Gasteiger partial charge on any atom is -0.377 e. The second kappa shape index (κ2) is 6.70. The van der Waals surface area contributed by atoms with Gasteiger partial charge >= 0.3 is 0 Å². The summed E-state index contributed by atoms with van der Waals surface area (Å²) in [6.45, 7) is 7.71. The van der Waals surface area contributed by atoms with E-state index in [1.165, 1.54) is 4.31 Å². The second-order valence-corrected chi connectivity index (χ2v) is 8.89. The molecule has 0 aromatic carbocycles. The monoisotopic (exact) mass is 358 g/mol. The first-order valence-electron chi connectivity index (χ1n) is 8.45. The van der Waals surface area contributed by atoms with E-state index < -0.39 is 15.6 Å². The van der Waals surface area contributed by atoms with E-state index in [4.69, 9.17) is 9.47 Å². The van der Waals surface area contributed by atoms with Crippen molar-refractivity contribution in [2.75, 3.05) is 32.1 Å². The summed E-state index contributed by atoms with van der Waals surface area (Å²) in [5, 5.41) is 4.38. The van der Waals surface area contributed by atoms with Gasteiger partial charge in [-0.2, -0.15) is 9.40 Å². The van der Waals surface area contributed by atoms with E-state index >= 15 is 0 Å². The number of aryl methyl sites for hydroxylation is 2. The van der Waals surface area contributed by atoms with Crippen LogP contribution in [0, 0.1) is 13.8 Å². The highest BCUT2D eigenvalue weighted by Crippen LogP contribution is 2.34. The van der Waals surface area contributed by atoms with Gasteiger partial charge in [0.15, 0.2) is 0 Å². The Labute approximate surface area is 143 Å². The number of nitrogens with zero attached hydrogens (tertiary/aromatic N) is 4. The molecule has 2 fully saturated rings. The minimum absolute atomic E-state index is 0.00215. The van der Waals surface area contributed by atoms with Crippen molar-refractivity contribution in [3.63, 3.8) is 0 Å². The van der Waals surface area contributed by atoms with Gasteiger partial charge in [0.1, 0.15) is 17.2 Å². The Morgan fingerprint density at radius 3 is 2.83 bits per heavy atom. The Morgan fingerprint density at radius 1 is 1.38 bits per heavy atom. The van der Waals surface area contributed by atoms with E-state index in [9.17, 15) is 8.42 Å². The first kappa shape index (κ1) is 17.8. The van der Waals surface area contributed by atoms with Crippen molar-refractivity contribution in [3.05, 3.63) is 11.6 Å². The lowest BCUT2D eigenvalue weighted by molar-refractivity contribution is -0.0861. The summed E-state index contributed by atoms with van der Waals surface area (Å²) in [4.78, 5) is 4.31. The fraction of sp³-hybridized carbons (Fsp3) is 0.867. The zero-order valence-electron chi connectivity index (χ0n) is 14.6. The molecule has 9 heteroatoms. The van der Waals surface area contributed by atoms with E-state index in [1.54, 1.807) is 6.92 Å². The molecule has 0 saturated carbocycles. The van der Waals surface area contributed by atoms with Gasteiger partial charge in [0, 0.05) is 13.1 Å². The average molecular weight is 358 g/mol. The molecule has 24 heavy (non-hydrogen) atoms. The smallest absolute Gasteiger partial charge is 0.214 e. The lowest BCUT2D eigenvalue weighted by Gasteiger charge is -2.31. The lowest BCUT2D eigenvalue weighted by Crippen LogP contribution is -2.47. The van der Waals surface area contributed by atoms with Crippen molar-refractivity contribution in [2.24, 2.45) is 0 Å². The summed E-state index contributed by atoms with van der Waals surface area (Å²) in [6, 6.07) is 0. The summed E-state index contributed by atoms with van der Waals surface area (Å²) in [7, 11) is -3.24. The highest BCUT2D eigenvalue weighted by atomic mass is 32.2. The Hall–Kier alpha value is -1.03. The minimum atomic E-state index is -3.24. The van der Waals surface area contributed by atoms with Gasteiger partial charge in [-0.15, -0.1) is 0 Å². The lowest BCUT2D eigenvalue weighted by atomic mass is 10.0. The fourth-order valence-corrected chi connectivity index (χ4v) is 4.61. The molecule has 2 aliphatic rings. The molecule has 8 nitrogen and oxygen atoms in total. The number of hydrogen-bond donors (Lipinski definition) is 0. The number of hydrogen-bond acceptors (Lipinski definition) is 6. The van der Waals surface area contributed by atoms with Crippen LogP contribution in [0.4, 0.5) is 0 Å². The van der Waals surface area contributed by atoms with Crippen molar-refractivity contribution in [3.8, 4) is 0 Å². The van der Waals surface area contributed by atoms with Crippen LogP contribution < -0.4 is 0 Å². The summed E-state index contributed by atoms with van der Waals surface area (Å²) in [5.74, 6) is 1.71. The maximum Gasteiger partial charge on any atom is 0.214 e. The van der Waals surface area contributed by atoms with Crippen molar-refractivity contribution < 1.29 is 17.9 Å². The standard InChI is InChI=1S/C15H26N4O4S/c1-4-24(20,21)18-7-8-22-11-15(10-18)6-5-14(23-15)9-19-13(3)16-12(2)17-19/h14H,4-11H2,1-3H3/t14-,15+/m1/s1. The van der Waals surface area contributed by atoms with Gasteiger partial charge in [0.05, 0.1) is 31.6 Å².